The Balaban J connectivity index is 1.76. The second-order valence-electron chi connectivity index (χ2n) is 6.90. The zero-order valence-corrected chi connectivity index (χ0v) is 16.8. The van der Waals surface area contributed by atoms with Crippen LogP contribution in [0.2, 0.25) is 5.02 Å². The van der Waals surface area contributed by atoms with E-state index in [4.69, 9.17) is 16.3 Å². The Morgan fingerprint density at radius 1 is 1.25 bits per heavy atom. The molecule has 1 aromatic heterocycles. The Bertz CT molecular complexity index is 1010. The van der Waals surface area contributed by atoms with E-state index >= 15 is 0 Å². The van der Waals surface area contributed by atoms with E-state index in [1.54, 1.807) is 22.5 Å². The summed E-state index contributed by atoms with van der Waals surface area (Å²) in [5.41, 5.74) is -0.0103. The standard InChI is InChI=1S/C20H18ClF2N3OS/c1-12(2)28-19-24-11-25-26(19)10-20(15-8-7-13(22)9-17(15)23)18(27-20)14-5-3-4-6-16(14)21/h3-9,11-12,18H,10H2,1-2H3/t18-,20+/m0/s1. The molecule has 3 aromatic rings. The highest BCUT2D eigenvalue weighted by Gasteiger charge is 2.61. The molecule has 1 aliphatic rings. The van der Waals surface area contributed by atoms with E-state index in [1.807, 2.05) is 18.2 Å². The summed E-state index contributed by atoms with van der Waals surface area (Å²) < 4.78 is 36.0. The van der Waals surface area contributed by atoms with Crippen LogP contribution in [0.25, 0.3) is 0 Å². The van der Waals surface area contributed by atoms with Gasteiger partial charge in [-0.25, -0.2) is 18.4 Å². The fourth-order valence-corrected chi connectivity index (χ4v) is 4.31. The molecular weight excluding hydrogens is 404 g/mol. The maximum absolute atomic E-state index is 14.7. The third-order valence-electron chi connectivity index (χ3n) is 4.57. The summed E-state index contributed by atoms with van der Waals surface area (Å²) in [5.74, 6) is -1.30. The molecule has 1 fully saturated rings. The van der Waals surface area contributed by atoms with Crippen LogP contribution in [0.4, 0.5) is 8.78 Å². The van der Waals surface area contributed by atoms with Crippen molar-refractivity contribution in [1.29, 1.82) is 0 Å². The average Bonchev–Trinajstić information content (AvgIpc) is 3.18. The molecule has 28 heavy (non-hydrogen) atoms. The summed E-state index contributed by atoms with van der Waals surface area (Å²) in [6.07, 6.45) is 0.994. The zero-order chi connectivity index (χ0) is 19.9. The van der Waals surface area contributed by atoms with Crippen molar-refractivity contribution in [2.75, 3.05) is 0 Å². The van der Waals surface area contributed by atoms with Gasteiger partial charge in [0.15, 0.2) is 5.16 Å². The number of ether oxygens (including phenoxy) is 1. The molecule has 0 aliphatic carbocycles. The normalized spacial score (nSPS) is 21.3. The molecule has 1 aliphatic heterocycles. The second-order valence-corrected chi connectivity index (χ2v) is 8.85. The molecule has 8 heteroatoms. The maximum atomic E-state index is 14.7. The SMILES string of the molecule is CC(C)Sc1ncnn1C[C@]1(c2ccc(F)cc2F)O[C@H]1c1ccccc1Cl. The molecular formula is C20H18ClF2N3OS. The number of rotatable bonds is 6. The molecule has 0 unspecified atom stereocenters. The van der Waals surface area contributed by atoms with Crippen LogP contribution in [0.5, 0.6) is 0 Å². The first-order valence-corrected chi connectivity index (χ1v) is 10.1. The molecule has 1 saturated heterocycles. The van der Waals surface area contributed by atoms with Crippen molar-refractivity contribution in [2.45, 2.75) is 42.5 Å². The van der Waals surface area contributed by atoms with Crippen molar-refractivity contribution in [3.63, 3.8) is 0 Å². The number of aromatic nitrogens is 3. The summed E-state index contributed by atoms with van der Waals surface area (Å²) in [5, 5.41) is 5.85. The molecule has 4 nitrogen and oxygen atoms in total. The van der Waals surface area contributed by atoms with Crippen LogP contribution < -0.4 is 0 Å². The summed E-state index contributed by atoms with van der Waals surface area (Å²) in [7, 11) is 0. The van der Waals surface area contributed by atoms with E-state index in [0.29, 0.717) is 15.4 Å². The Morgan fingerprint density at radius 3 is 2.75 bits per heavy atom. The summed E-state index contributed by atoms with van der Waals surface area (Å²) in [6, 6.07) is 10.8. The number of hydrogen-bond acceptors (Lipinski definition) is 4. The molecule has 2 heterocycles. The molecule has 2 aromatic carbocycles. The topological polar surface area (TPSA) is 43.2 Å². The first kappa shape index (κ1) is 19.4. The second kappa shape index (κ2) is 7.46. The highest BCUT2D eigenvalue weighted by molar-refractivity contribution is 7.99. The molecule has 0 N–H and O–H groups in total. The number of nitrogens with zero attached hydrogens (tertiary/aromatic N) is 3. The Morgan fingerprint density at radius 2 is 2.04 bits per heavy atom. The quantitative estimate of drug-likeness (QED) is 0.396. The molecule has 0 radical (unpaired) electrons. The van der Waals surface area contributed by atoms with Crippen molar-refractivity contribution in [1.82, 2.24) is 14.8 Å². The first-order chi connectivity index (χ1) is 13.4. The molecule has 4 rings (SSSR count). The van der Waals surface area contributed by atoms with Crippen molar-refractivity contribution in [2.24, 2.45) is 0 Å². The minimum Gasteiger partial charge on any atom is -0.354 e. The molecule has 0 amide bonds. The summed E-state index contributed by atoms with van der Waals surface area (Å²) >= 11 is 7.90. The number of hydrogen-bond donors (Lipinski definition) is 0. The molecule has 0 spiro atoms. The fourth-order valence-electron chi connectivity index (χ4n) is 3.31. The predicted octanol–water partition coefficient (Wildman–Crippen LogP) is 5.38. The van der Waals surface area contributed by atoms with Gasteiger partial charge in [0.2, 0.25) is 0 Å². The van der Waals surface area contributed by atoms with E-state index in [0.717, 1.165) is 11.6 Å². The smallest absolute Gasteiger partial charge is 0.186 e. The lowest BCUT2D eigenvalue weighted by Gasteiger charge is -2.17. The van der Waals surface area contributed by atoms with Gasteiger partial charge in [-0.1, -0.05) is 61.5 Å². The minimum atomic E-state index is -1.04. The average molecular weight is 422 g/mol. The molecule has 0 saturated carbocycles. The summed E-state index contributed by atoms with van der Waals surface area (Å²) in [6.45, 7) is 4.35. The third kappa shape index (κ3) is 3.54. The monoisotopic (exact) mass is 421 g/mol. The highest BCUT2D eigenvalue weighted by Crippen LogP contribution is 2.59. The maximum Gasteiger partial charge on any atom is 0.186 e. The van der Waals surface area contributed by atoms with Gasteiger partial charge in [-0.05, 0) is 12.1 Å². The van der Waals surface area contributed by atoms with Gasteiger partial charge in [0.1, 0.15) is 29.7 Å². The Labute approximate surface area is 170 Å². The Hall–Kier alpha value is -1.96. The van der Waals surface area contributed by atoms with Crippen molar-refractivity contribution >= 4 is 23.4 Å². The number of epoxide rings is 1. The van der Waals surface area contributed by atoms with Crippen LogP contribution in [0.1, 0.15) is 31.1 Å². The third-order valence-corrected chi connectivity index (χ3v) is 5.92. The van der Waals surface area contributed by atoms with Gasteiger partial charge in [-0.2, -0.15) is 5.10 Å². The molecule has 2 atom stereocenters. The van der Waals surface area contributed by atoms with Crippen LogP contribution in [0, 0.1) is 11.6 Å². The number of benzene rings is 2. The zero-order valence-electron chi connectivity index (χ0n) is 15.3. The summed E-state index contributed by atoms with van der Waals surface area (Å²) in [4.78, 5) is 4.29. The largest absolute Gasteiger partial charge is 0.354 e. The van der Waals surface area contributed by atoms with Gasteiger partial charge < -0.3 is 4.74 Å². The van der Waals surface area contributed by atoms with Crippen LogP contribution in [-0.4, -0.2) is 20.0 Å². The van der Waals surface area contributed by atoms with Gasteiger partial charge in [-0.3, -0.25) is 0 Å². The van der Waals surface area contributed by atoms with E-state index in [9.17, 15) is 8.78 Å². The minimum absolute atomic E-state index is 0.237. The van der Waals surface area contributed by atoms with Gasteiger partial charge in [0.25, 0.3) is 0 Å². The number of halogens is 3. The highest BCUT2D eigenvalue weighted by atomic mass is 35.5. The van der Waals surface area contributed by atoms with E-state index in [2.05, 4.69) is 23.9 Å². The molecule has 146 valence electrons. The van der Waals surface area contributed by atoms with Gasteiger partial charge in [0.05, 0.1) is 6.54 Å². The molecule has 0 bridgehead atoms. The van der Waals surface area contributed by atoms with Crippen molar-refractivity contribution in [3.05, 3.63) is 76.6 Å². The van der Waals surface area contributed by atoms with E-state index in [1.165, 1.54) is 18.5 Å². The van der Waals surface area contributed by atoms with Crippen molar-refractivity contribution < 1.29 is 13.5 Å². The van der Waals surface area contributed by atoms with Crippen LogP contribution in [0.3, 0.4) is 0 Å². The van der Waals surface area contributed by atoms with Gasteiger partial charge in [0, 0.05) is 27.5 Å². The van der Waals surface area contributed by atoms with Gasteiger partial charge >= 0.3 is 0 Å². The van der Waals surface area contributed by atoms with E-state index in [-0.39, 0.29) is 12.1 Å². The van der Waals surface area contributed by atoms with Crippen LogP contribution >= 0.6 is 23.4 Å². The van der Waals surface area contributed by atoms with Gasteiger partial charge in [-0.15, -0.1) is 0 Å². The Kier molecular flexibility index (Phi) is 5.16. The van der Waals surface area contributed by atoms with Crippen LogP contribution in [-0.2, 0) is 16.9 Å². The first-order valence-electron chi connectivity index (χ1n) is 8.83. The predicted molar refractivity (Wildman–Crippen MR) is 104 cm³/mol. The fraction of sp³-hybridized carbons (Fsp3) is 0.300. The van der Waals surface area contributed by atoms with Crippen LogP contribution in [0.15, 0.2) is 53.9 Å². The lowest BCUT2D eigenvalue weighted by molar-refractivity contribution is 0.250. The van der Waals surface area contributed by atoms with Crippen molar-refractivity contribution in [3.8, 4) is 0 Å². The van der Waals surface area contributed by atoms with E-state index < -0.39 is 23.3 Å². The number of thioether (sulfide) groups is 1. The lowest BCUT2D eigenvalue weighted by Crippen LogP contribution is -2.22. The lowest BCUT2D eigenvalue weighted by atomic mass is 9.91.